The van der Waals surface area contributed by atoms with E-state index in [0.29, 0.717) is 23.7 Å². The third-order valence-corrected chi connectivity index (χ3v) is 4.65. The second kappa shape index (κ2) is 9.78. The average Bonchev–Trinajstić information content (AvgIpc) is 2.78. The topological polar surface area (TPSA) is 56.8 Å². The van der Waals surface area contributed by atoms with Crippen molar-refractivity contribution in [1.82, 2.24) is 5.32 Å². The predicted octanol–water partition coefficient (Wildman–Crippen LogP) is 4.76. The zero-order chi connectivity index (χ0) is 21.5. The largest absolute Gasteiger partial charge is 0.494 e. The van der Waals surface area contributed by atoms with Gasteiger partial charge in [-0.2, -0.15) is 0 Å². The highest BCUT2D eigenvalue weighted by Crippen LogP contribution is 2.33. The summed E-state index contributed by atoms with van der Waals surface area (Å²) in [6.45, 7) is 2.49. The number of carbonyl (C=O) groups is 1. The lowest BCUT2D eigenvalue weighted by Crippen LogP contribution is -2.29. The van der Waals surface area contributed by atoms with Crippen LogP contribution in [-0.2, 0) is 0 Å². The van der Waals surface area contributed by atoms with E-state index >= 15 is 0 Å². The van der Waals surface area contributed by atoms with E-state index < -0.39 is 11.9 Å². The molecule has 0 aliphatic rings. The number of ether oxygens (including phenoxy) is 3. The van der Waals surface area contributed by atoms with Crippen molar-refractivity contribution in [3.8, 4) is 17.2 Å². The van der Waals surface area contributed by atoms with E-state index in [0.717, 1.165) is 16.9 Å². The number of halogens is 1. The molecule has 5 nitrogen and oxygen atoms in total. The Balaban J connectivity index is 1.97. The number of hydrogen-bond donors (Lipinski definition) is 1. The minimum Gasteiger partial charge on any atom is -0.494 e. The molecule has 0 radical (unpaired) electrons. The number of benzene rings is 3. The molecule has 1 N–H and O–H groups in total. The Kier molecular flexibility index (Phi) is 6.91. The molecule has 0 heterocycles. The van der Waals surface area contributed by atoms with Gasteiger partial charge in [-0.3, -0.25) is 4.79 Å². The van der Waals surface area contributed by atoms with Crippen LogP contribution in [0.3, 0.4) is 0 Å². The lowest BCUT2D eigenvalue weighted by Gasteiger charge is -2.21. The average molecular weight is 409 g/mol. The van der Waals surface area contributed by atoms with Gasteiger partial charge in [0.15, 0.2) is 11.5 Å². The monoisotopic (exact) mass is 409 g/mol. The fourth-order valence-electron chi connectivity index (χ4n) is 3.13. The summed E-state index contributed by atoms with van der Waals surface area (Å²) in [6, 6.07) is 18.0. The molecule has 3 aromatic rings. The Morgan fingerprint density at radius 2 is 1.53 bits per heavy atom. The Morgan fingerprint density at radius 1 is 0.900 bits per heavy atom. The number of rotatable bonds is 8. The second-order valence-electron chi connectivity index (χ2n) is 6.53. The number of hydrogen-bond acceptors (Lipinski definition) is 4. The van der Waals surface area contributed by atoms with Crippen molar-refractivity contribution in [2.45, 2.75) is 13.0 Å². The van der Waals surface area contributed by atoms with E-state index in [2.05, 4.69) is 5.32 Å². The molecule has 0 fully saturated rings. The van der Waals surface area contributed by atoms with Crippen LogP contribution in [0.4, 0.5) is 4.39 Å². The zero-order valence-electron chi connectivity index (χ0n) is 17.1. The van der Waals surface area contributed by atoms with E-state index in [1.165, 1.54) is 24.3 Å². The van der Waals surface area contributed by atoms with Gasteiger partial charge in [-0.15, -0.1) is 0 Å². The summed E-state index contributed by atoms with van der Waals surface area (Å²) in [7, 11) is 3.13. The first-order valence-electron chi connectivity index (χ1n) is 9.56. The molecule has 30 heavy (non-hydrogen) atoms. The minimum atomic E-state index is -0.460. The molecule has 0 spiro atoms. The maximum Gasteiger partial charge on any atom is 0.252 e. The van der Waals surface area contributed by atoms with Crippen LogP contribution in [0, 0.1) is 5.82 Å². The first-order valence-corrected chi connectivity index (χ1v) is 9.56. The smallest absolute Gasteiger partial charge is 0.252 e. The molecule has 0 aliphatic carbocycles. The van der Waals surface area contributed by atoms with Crippen LogP contribution in [0.15, 0.2) is 66.7 Å². The summed E-state index contributed by atoms with van der Waals surface area (Å²) in [5, 5.41) is 3.03. The molecule has 1 atom stereocenters. The van der Waals surface area contributed by atoms with Crippen LogP contribution in [0.2, 0.25) is 0 Å². The van der Waals surface area contributed by atoms with Gasteiger partial charge in [0.05, 0.1) is 26.9 Å². The minimum absolute atomic E-state index is 0.316. The lowest BCUT2D eigenvalue weighted by molar-refractivity contribution is 0.0943. The van der Waals surface area contributed by atoms with Gasteiger partial charge in [0, 0.05) is 5.56 Å². The predicted molar refractivity (Wildman–Crippen MR) is 113 cm³/mol. The molecule has 0 bridgehead atoms. The Morgan fingerprint density at radius 3 is 2.13 bits per heavy atom. The van der Waals surface area contributed by atoms with E-state index in [1.807, 2.05) is 43.3 Å². The molecule has 0 saturated carbocycles. The van der Waals surface area contributed by atoms with Crippen LogP contribution in [0.5, 0.6) is 17.2 Å². The van der Waals surface area contributed by atoms with Crippen molar-refractivity contribution in [2.75, 3.05) is 20.8 Å². The fraction of sp³-hybridized carbons (Fsp3) is 0.208. The quantitative estimate of drug-likeness (QED) is 0.583. The molecule has 6 heteroatoms. The molecule has 0 unspecified atom stereocenters. The van der Waals surface area contributed by atoms with Gasteiger partial charge in [0.2, 0.25) is 0 Å². The van der Waals surface area contributed by atoms with Crippen LogP contribution >= 0.6 is 0 Å². The van der Waals surface area contributed by atoms with Gasteiger partial charge in [-0.05, 0) is 66.6 Å². The number of nitrogens with one attached hydrogen (secondary N) is 1. The first kappa shape index (κ1) is 21.2. The molecule has 1 amide bonds. The van der Waals surface area contributed by atoms with Crippen molar-refractivity contribution in [2.24, 2.45) is 0 Å². The van der Waals surface area contributed by atoms with Crippen LogP contribution in [0.1, 0.15) is 34.5 Å². The van der Waals surface area contributed by atoms with Gasteiger partial charge in [0.1, 0.15) is 11.6 Å². The van der Waals surface area contributed by atoms with Crippen molar-refractivity contribution in [3.63, 3.8) is 0 Å². The molecular formula is C24H24FNO4. The van der Waals surface area contributed by atoms with Crippen molar-refractivity contribution >= 4 is 5.91 Å². The molecule has 0 aromatic heterocycles. The molecule has 3 rings (SSSR count). The van der Waals surface area contributed by atoms with Gasteiger partial charge in [0.25, 0.3) is 5.91 Å². The third-order valence-electron chi connectivity index (χ3n) is 4.65. The van der Waals surface area contributed by atoms with Crippen molar-refractivity contribution in [3.05, 3.63) is 89.2 Å². The number of carbonyl (C=O) groups excluding carboxylic acids is 1. The van der Waals surface area contributed by atoms with E-state index in [9.17, 15) is 9.18 Å². The molecule has 156 valence electrons. The maximum atomic E-state index is 13.2. The first-order chi connectivity index (χ1) is 14.5. The summed E-state index contributed by atoms with van der Waals surface area (Å²) in [5.41, 5.74) is 2.04. The van der Waals surface area contributed by atoms with Gasteiger partial charge in [-0.1, -0.05) is 18.2 Å². The SMILES string of the molecule is CCOc1ccc([C@H](NC(=O)c2ccc(F)cc2)c2ccc(OC)c(OC)c2)cc1. The Hall–Kier alpha value is -3.54. The Labute approximate surface area is 175 Å². The summed E-state index contributed by atoms with van der Waals surface area (Å²) < 4.78 is 29.5. The number of methoxy groups -OCH3 is 2. The zero-order valence-corrected chi connectivity index (χ0v) is 17.1. The summed E-state index contributed by atoms with van der Waals surface area (Å²) in [5.74, 6) is 1.19. The highest BCUT2D eigenvalue weighted by atomic mass is 19.1. The third kappa shape index (κ3) is 4.89. The second-order valence-corrected chi connectivity index (χ2v) is 6.53. The molecule has 0 saturated heterocycles. The summed E-state index contributed by atoms with van der Waals surface area (Å²) in [4.78, 5) is 12.8. The molecule has 0 aliphatic heterocycles. The van der Waals surface area contributed by atoms with Gasteiger partial charge < -0.3 is 19.5 Å². The van der Waals surface area contributed by atoms with Crippen LogP contribution < -0.4 is 19.5 Å². The highest BCUT2D eigenvalue weighted by Gasteiger charge is 2.20. The van der Waals surface area contributed by atoms with E-state index in [4.69, 9.17) is 14.2 Å². The molecular weight excluding hydrogens is 385 g/mol. The van der Waals surface area contributed by atoms with E-state index in [-0.39, 0.29) is 5.91 Å². The van der Waals surface area contributed by atoms with Crippen molar-refractivity contribution in [1.29, 1.82) is 0 Å². The summed E-state index contributed by atoms with van der Waals surface area (Å²) in [6.07, 6.45) is 0. The standard InChI is InChI=1S/C24H24FNO4/c1-4-30-20-12-7-16(8-13-20)23(18-9-14-21(28-2)22(15-18)29-3)26-24(27)17-5-10-19(25)11-6-17/h5-15,23H,4H2,1-3H3,(H,26,27)/t23-/m0/s1. The van der Waals surface area contributed by atoms with Crippen LogP contribution in [-0.4, -0.2) is 26.7 Å². The fourth-order valence-corrected chi connectivity index (χ4v) is 3.13. The molecule has 3 aromatic carbocycles. The normalized spacial score (nSPS) is 11.5. The Bertz CT molecular complexity index is 987. The maximum absolute atomic E-state index is 13.2. The number of amides is 1. The van der Waals surface area contributed by atoms with Gasteiger partial charge in [-0.25, -0.2) is 4.39 Å². The van der Waals surface area contributed by atoms with Crippen LogP contribution in [0.25, 0.3) is 0 Å². The highest BCUT2D eigenvalue weighted by molar-refractivity contribution is 5.94. The van der Waals surface area contributed by atoms with Gasteiger partial charge >= 0.3 is 0 Å². The van der Waals surface area contributed by atoms with Crippen molar-refractivity contribution < 1.29 is 23.4 Å². The lowest BCUT2D eigenvalue weighted by atomic mass is 9.97. The summed E-state index contributed by atoms with van der Waals surface area (Å²) >= 11 is 0. The van der Waals surface area contributed by atoms with E-state index in [1.54, 1.807) is 20.3 Å².